The molecule has 1 amide bonds. The summed E-state index contributed by atoms with van der Waals surface area (Å²) in [6, 6.07) is 3.56. The van der Waals surface area contributed by atoms with E-state index in [2.05, 4.69) is 10.3 Å². The lowest BCUT2D eigenvalue weighted by Gasteiger charge is -1.97. The summed E-state index contributed by atoms with van der Waals surface area (Å²) in [5, 5.41) is 2.60. The number of nitrogens with zero attached hydrogens (tertiary/aromatic N) is 1. The van der Waals surface area contributed by atoms with E-state index in [4.69, 9.17) is 0 Å². The lowest BCUT2D eigenvalue weighted by atomic mass is 10.4. The first kappa shape index (κ1) is 10.6. The maximum Gasteiger partial charge on any atom is 0.221 e. The molecular weight excluding hydrogens is 152 g/mol. The topological polar surface area (TPSA) is 42.0 Å². The van der Waals surface area contributed by atoms with Crippen LogP contribution < -0.4 is 5.32 Å². The summed E-state index contributed by atoms with van der Waals surface area (Å²) in [5.41, 5.74) is 0.731. The molecule has 0 unspecified atom stereocenters. The Labute approximate surface area is 72.8 Å². The second kappa shape index (κ2) is 6.34. The van der Waals surface area contributed by atoms with Crippen LogP contribution in [0.1, 0.15) is 20.8 Å². The number of hydrogen-bond acceptors (Lipinski definition) is 2. The van der Waals surface area contributed by atoms with E-state index in [1.807, 2.05) is 13.8 Å². The highest BCUT2D eigenvalue weighted by molar-refractivity contribution is 5.88. The predicted molar refractivity (Wildman–Crippen MR) is 49.9 cm³/mol. The van der Waals surface area contributed by atoms with Gasteiger partial charge in [-0.1, -0.05) is 13.8 Å². The fourth-order valence-electron chi connectivity index (χ4n) is 0.640. The number of carbonyl (C=O) groups is 1. The molecule has 0 aliphatic heterocycles. The van der Waals surface area contributed by atoms with Gasteiger partial charge in [0.1, 0.15) is 0 Å². The zero-order chi connectivity index (χ0) is 9.40. The van der Waals surface area contributed by atoms with Crippen LogP contribution in [0.3, 0.4) is 0 Å². The highest BCUT2D eigenvalue weighted by Gasteiger charge is 1.90. The van der Waals surface area contributed by atoms with Crippen molar-refractivity contribution < 1.29 is 4.79 Å². The fraction of sp³-hybridized carbons (Fsp3) is 0.333. The molecule has 0 saturated carbocycles. The second-order valence-corrected chi connectivity index (χ2v) is 1.92. The van der Waals surface area contributed by atoms with Crippen molar-refractivity contribution in [1.82, 2.24) is 4.98 Å². The number of nitrogens with one attached hydrogen (secondary N) is 1. The lowest BCUT2D eigenvalue weighted by molar-refractivity contribution is -0.114. The zero-order valence-corrected chi connectivity index (χ0v) is 7.66. The van der Waals surface area contributed by atoms with Gasteiger partial charge in [-0.25, -0.2) is 0 Å². The average molecular weight is 166 g/mol. The van der Waals surface area contributed by atoms with Crippen LogP contribution in [0, 0.1) is 0 Å². The highest BCUT2D eigenvalue weighted by Crippen LogP contribution is 2.00. The highest BCUT2D eigenvalue weighted by atomic mass is 16.1. The smallest absolute Gasteiger partial charge is 0.221 e. The van der Waals surface area contributed by atoms with Gasteiger partial charge < -0.3 is 5.32 Å². The van der Waals surface area contributed by atoms with Gasteiger partial charge in [-0.15, -0.1) is 0 Å². The van der Waals surface area contributed by atoms with Crippen molar-refractivity contribution >= 4 is 11.6 Å². The molecule has 0 saturated heterocycles. The molecule has 0 aliphatic carbocycles. The first-order valence-electron chi connectivity index (χ1n) is 3.96. The summed E-state index contributed by atoms with van der Waals surface area (Å²) >= 11 is 0. The van der Waals surface area contributed by atoms with Crippen molar-refractivity contribution in [3.63, 3.8) is 0 Å². The summed E-state index contributed by atoms with van der Waals surface area (Å²) in [5.74, 6) is -0.0759. The van der Waals surface area contributed by atoms with E-state index in [9.17, 15) is 4.79 Å². The van der Waals surface area contributed by atoms with Crippen LogP contribution >= 0.6 is 0 Å². The Morgan fingerprint density at radius 3 is 2.58 bits per heavy atom. The van der Waals surface area contributed by atoms with Crippen LogP contribution in [-0.2, 0) is 4.79 Å². The summed E-state index contributed by atoms with van der Waals surface area (Å²) in [6.45, 7) is 5.47. The Kier molecular flexibility index (Phi) is 5.61. The van der Waals surface area contributed by atoms with Crippen molar-refractivity contribution in [3.05, 3.63) is 24.5 Å². The largest absolute Gasteiger partial charge is 0.325 e. The SMILES string of the molecule is CC.CC(=O)Nc1cccnc1. The molecule has 0 aromatic carbocycles. The van der Waals surface area contributed by atoms with E-state index in [0.29, 0.717) is 0 Å². The fourth-order valence-corrected chi connectivity index (χ4v) is 0.640. The molecule has 1 aromatic rings. The molecule has 0 fully saturated rings. The minimum Gasteiger partial charge on any atom is -0.325 e. The van der Waals surface area contributed by atoms with Crippen LogP contribution in [0.15, 0.2) is 24.5 Å². The monoisotopic (exact) mass is 166 g/mol. The van der Waals surface area contributed by atoms with Gasteiger partial charge in [0.05, 0.1) is 11.9 Å². The van der Waals surface area contributed by atoms with E-state index in [1.54, 1.807) is 24.5 Å². The Balaban J connectivity index is 0.000000561. The zero-order valence-electron chi connectivity index (χ0n) is 7.66. The number of carbonyl (C=O) groups excluding carboxylic acids is 1. The van der Waals surface area contributed by atoms with E-state index >= 15 is 0 Å². The molecule has 3 nitrogen and oxygen atoms in total. The first-order chi connectivity index (χ1) is 5.79. The van der Waals surface area contributed by atoms with Crippen LogP contribution in [0.2, 0.25) is 0 Å². The van der Waals surface area contributed by atoms with Gasteiger partial charge in [0, 0.05) is 13.1 Å². The third kappa shape index (κ3) is 4.44. The first-order valence-corrected chi connectivity index (χ1v) is 3.96. The quantitative estimate of drug-likeness (QED) is 0.693. The van der Waals surface area contributed by atoms with E-state index in [-0.39, 0.29) is 5.91 Å². The van der Waals surface area contributed by atoms with Gasteiger partial charge in [-0.2, -0.15) is 0 Å². The van der Waals surface area contributed by atoms with Crippen LogP contribution in [-0.4, -0.2) is 10.9 Å². The van der Waals surface area contributed by atoms with Crippen molar-refractivity contribution in [3.8, 4) is 0 Å². The number of hydrogen-bond donors (Lipinski definition) is 1. The predicted octanol–water partition coefficient (Wildman–Crippen LogP) is 2.07. The van der Waals surface area contributed by atoms with Gasteiger partial charge in [-0.3, -0.25) is 9.78 Å². The van der Waals surface area contributed by atoms with Gasteiger partial charge in [-0.05, 0) is 12.1 Å². The third-order valence-electron chi connectivity index (χ3n) is 0.982. The maximum absolute atomic E-state index is 10.5. The minimum absolute atomic E-state index is 0.0759. The number of aromatic nitrogens is 1. The molecule has 12 heavy (non-hydrogen) atoms. The Hall–Kier alpha value is -1.38. The molecule has 1 heterocycles. The Morgan fingerprint density at radius 1 is 1.50 bits per heavy atom. The molecule has 1 N–H and O–H groups in total. The maximum atomic E-state index is 10.5. The average Bonchev–Trinajstić information content (AvgIpc) is 2.08. The van der Waals surface area contributed by atoms with E-state index < -0.39 is 0 Å². The molecule has 0 radical (unpaired) electrons. The standard InChI is InChI=1S/C7H8N2O.C2H6/c1-6(10)9-7-3-2-4-8-5-7;1-2/h2-5H,1H3,(H,9,10);1-2H3. The van der Waals surface area contributed by atoms with Gasteiger partial charge >= 0.3 is 0 Å². The van der Waals surface area contributed by atoms with Gasteiger partial charge in [0.25, 0.3) is 0 Å². The van der Waals surface area contributed by atoms with E-state index in [1.165, 1.54) is 6.92 Å². The third-order valence-corrected chi connectivity index (χ3v) is 0.982. The summed E-state index contributed by atoms with van der Waals surface area (Å²) in [4.78, 5) is 14.3. The van der Waals surface area contributed by atoms with Gasteiger partial charge in [0.2, 0.25) is 5.91 Å². The second-order valence-electron chi connectivity index (χ2n) is 1.92. The number of rotatable bonds is 1. The Bertz CT molecular complexity index is 221. The molecule has 3 heteroatoms. The molecule has 66 valence electrons. The number of anilines is 1. The number of amides is 1. The molecule has 1 rings (SSSR count). The summed E-state index contributed by atoms with van der Waals surface area (Å²) < 4.78 is 0. The van der Waals surface area contributed by atoms with Crippen molar-refractivity contribution in [2.24, 2.45) is 0 Å². The van der Waals surface area contributed by atoms with Crippen molar-refractivity contribution in [2.45, 2.75) is 20.8 Å². The van der Waals surface area contributed by atoms with Gasteiger partial charge in [0.15, 0.2) is 0 Å². The van der Waals surface area contributed by atoms with Crippen LogP contribution in [0.5, 0.6) is 0 Å². The van der Waals surface area contributed by atoms with E-state index in [0.717, 1.165) is 5.69 Å². The molecule has 1 aromatic heterocycles. The minimum atomic E-state index is -0.0759. The van der Waals surface area contributed by atoms with Crippen LogP contribution in [0.4, 0.5) is 5.69 Å². The van der Waals surface area contributed by atoms with Crippen molar-refractivity contribution in [1.29, 1.82) is 0 Å². The lowest BCUT2D eigenvalue weighted by Crippen LogP contribution is -2.05. The summed E-state index contributed by atoms with van der Waals surface area (Å²) in [7, 11) is 0. The van der Waals surface area contributed by atoms with Crippen molar-refractivity contribution in [2.75, 3.05) is 5.32 Å². The Morgan fingerprint density at radius 2 is 2.17 bits per heavy atom. The summed E-state index contributed by atoms with van der Waals surface area (Å²) in [6.07, 6.45) is 3.26. The van der Waals surface area contributed by atoms with Crippen LogP contribution in [0.25, 0.3) is 0 Å². The molecule has 0 bridgehead atoms. The normalized spacial score (nSPS) is 7.92. The molecular formula is C9H14N2O. The molecule has 0 aliphatic rings. The number of pyridine rings is 1. The molecule has 0 spiro atoms. The molecule has 0 atom stereocenters.